The molecule has 3 nitrogen and oxygen atoms in total. The topological polar surface area (TPSA) is 27.1 Å². The lowest BCUT2D eigenvalue weighted by Gasteiger charge is -2.21. The highest BCUT2D eigenvalue weighted by Crippen LogP contribution is 2.36. The van der Waals surface area contributed by atoms with Crippen LogP contribution in [0.2, 0.25) is 0 Å². The molecule has 0 spiro atoms. The average molecular weight is 323 g/mol. The van der Waals surface area contributed by atoms with E-state index in [1.807, 2.05) is 0 Å². The lowest BCUT2D eigenvalue weighted by molar-refractivity contribution is 0.331. The Labute approximate surface area is 122 Å². The highest BCUT2D eigenvalue weighted by atomic mass is 79.9. The van der Waals surface area contributed by atoms with Crippen molar-refractivity contribution in [2.24, 2.45) is 0 Å². The first kappa shape index (κ1) is 13.0. The Morgan fingerprint density at radius 3 is 2.74 bits per heavy atom. The zero-order chi connectivity index (χ0) is 13.4. The van der Waals surface area contributed by atoms with Crippen LogP contribution >= 0.6 is 15.9 Å². The number of rotatable bonds is 2. The van der Waals surface area contributed by atoms with Crippen LogP contribution in [0.1, 0.15) is 43.7 Å². The molecule has 1 aromatic carbocycles. The van der Waals surface area contributed by atoms with Gasteiger partial charge in [0.2, 0.25) is 0 Å². The fraction of sp³-hybridized carbons (Fsp3) is 0.533. The van der Waals surface area contributed by atoms with Crippen LogP contribution in [0, 0.1) is 6.92 Å². The summed E-state index contributed by atoms with van der Waals surface area (Å²) in [5, 5.41) is 5.99. The normalized spacial score (nSPS) is 17.0. The van der Waals surface area contributed by atoms with E-state index in [4.69, 9.17) is 9.84 Å². The molecule has 3 rings (SSSR count). The number of nitrogens with zero attached hydrogens (tertiary/aromatic N) is 2. The van der Waals surface area contributed by atoms with Crippen LogP contribution in [0.3, 0.4) is 0 Å². The minimum Gasteiger partial charge on any atom is -0.495 e. The van der Waals surface area contributed by atoms with Gasteiger partial charge in [-0.2, -0.15) is 5.10 Å². The van der Waals surface area contributed by atoms with E-state index in [2.05, 4.69) is 39.8 Å². The fourth-order valence-electron chi connectivity index (χ4n) is 3.07. The molecule has 0 saturated heterocycles. The Hall–Kier alpha value is -1.03. The van der Waals surface area contributed by atoms with Crippen LogP contribution in [0.5, 0.6) is 5.75 Å². The van der Waals surface area contributed by atoms with Crippen molar-refractivity contribution < 1.29 is 4.74 Å². The third-order valence-corrected chi connectivity index (χ3v) is 4.70. The molecule has 0 bridgehead atoms. The van der Waals surface area contributed by atoms with Crippen LogP contribution < -0.4 is 4.74 Å². The van der Waals surface area contributed by atoms with Crippen molar-refractivity contribution in [2.75, 3.05) is 7.11 Å². The van der Waals surface area contributed by atoms with Gasteiger partial charge in [-0.1, -0.05) is 19.3 Å². The number of ether oxygens (including phenoxy) is 1. The first-order valence-corrected chi connectivity index (χ1v) is 7.72. The molecule has 0 atom stereocenters. The molecule has 1 saturated carbocycles. The molecule has 1 aromatic heterocycles. The molecule has 1 fully saturated rings. The van der Waals surface area contributed by atoms with Crippen LogP contribution in [-0.4, -0.2) is 16.9 Å². The summed E-state index contributed by atoms with van der Waals surface area (Å²) in [4.78, 5) is 0. The summed E-state index contributed by atoms with van der Waals surface area (Å²) in [5.41, 5.74) is 2.17. The molecule has 102 valence electrons. The molecule has 0 unspecified atom stereocenters. The summed E-state index contributed by atoms with van der Waals surface area (Å²) in [5.74, 6) is 0.890. The van der Waals surface area contributed by atoms with E-state index in [-0.39, 0.29) is 0 Å². The van der Waals surface area contributed by atoms with Crippen molar-refractivity contribution in [3.8, 4) is 5.75 Å². The van der Waals surface area contributed by atoms with Gasteiger partial charge in [0.1, 0.15) is 5.75 Å². The SMILES string of the molecule is COc1c(Br)cc2cn(C3CCCCC3)nc2c1C. The van der Waals surface area contributed by atoms with Gasteiger partial charge in [0.15, 0.2) is 0 Å². The first-order valence-electron chi connectivity index (χ1n) is 6.92. The number of aryl methyl sites for hydroxylation is 1. The zero-order valence-corrected chi connectivity index (χ0v) is 13.0. The van der Waals surface area contributed by atoms with Crippen LogP contribution in [0.25, 0.3) is 10.9 Å². The van der Waals surface area contributed by atoms with E-state index in [0.29, 0.717) is 6.04 Å². The molecule has 2 aromatic rings. The summed E-state index contributed by atoms with van der Waals surface area (Å²) in [6.45, 7) is 2.07. The number of methoxy groups -OCH3 is 1. The molecule has 1 aliphatic rings. The Morgan fingerprint density at radius 1 is 1.32 bits per heavy atom. The van der Waals surface area contributed by atoms with Crippen molar-refractivity contribution in [1.82, 2.24) is 9.78 Å². The quantitative estimate of drug-likeness (QED) is 0.806. The van der Waals surface area contributed by atoms with Crippen molar-refractivity contribution in [1.29, 1.82) is 0 Å². The minimum absolute atomic E-state index is 0.574. The first-order chi connectivity index (χ1) is 9.20. The highest BCUT2D eigenvalue weighted by molar-refractivity contribution is 9.10. The number of benzene rings is 1. The number of hydrogen-bond donors (Lipinski definition) is 0. The standard InChI is InChI=1S/C15H19BrN2O/c1-10-14-11(8-13(16)15(10)19-2)9-18(17-14)12-6-4-3-5-7-12/h8-9,12H,3-7H2,1-2H3. The highest BCUT2D eigenvalue weighted by Gasteiger charge is 2.18. The molecule has 4 heteroatoms. The molecule has 0 amide bonds. The number of hydrogen-bond acceptors (Lipinski definition) is 2. The summed E-state index contributed by atoms with van der Waals surface area (Å²) in [6, 6.07) is 2.68. The van der Waals surface area contributed by atoms with Gasteiger partial charge in [-0.3, -0.25) is 4.68 Å². The Morgan fingerprint density at radius 2 is 2.05 bits per heavy atom. The molecule has 1 heterocycles. The molecular weight excluding hydrogens is 304 g/mol. The maximum absolute atomic E-state index is 5.44. The van der Waals surface area contributed by atoms with Gasteiger partial charge >= 0.3 is 0 Å². The van der Waals surface area contributed by atoms with Gasteiger partial charge < -0.3 is 4.74 Å². The van der Waals surface area contributed by atoms with Crippen LogP contribution in [0.15, 0.2) is 16.7 Å². The van der Waals surface area contributed by atoms with Gasteiger partial charge in [-0.05, 0) is 41.8 Å². The lowest BCUT2D eigenvalue weighted by Crippen LogP contribution is -2.12. The molecule has 0 aliphatic heterocycles. The number of halogens is 1. The molecule has 1 aliphatic carbocycles. The molecular formula is C15H19BrN2O. The second kappa shape index (κ2) is 5.16. The summed E-state index contributed by atoms with van der Waals surface area (Å²) in [6.07, 6.45) is 8.72. The molecule has 19 heavy (non-hydrogen) atoms. The van der Waals surface area contributed by atoms with Gasteiger partial charge in [0, 0.05) is 17.1 Å². The fourth-order valence-corrected chi connectivity index (χ4v) is 3.78. The van der Waals surface area contributed by atoms with Gasteiger partial charge in [0.05, 0.1) is 23.1 Å². The van der Waals surface area contributed by atoms with E-state index in [0.717, 1.165) is 21.3 Å². The number of aromatic nitrogens is 2. The summed E-state index contributed by atoms with van der Waals surface area (Å²) >= 11 is 3.57. The van der Waals surface area contributed by atoms with E-state index in [1.54, 1.807) is 7.11 Å². The maximum atomic E-state index is 5.44. The van der Waals surface area contributed by atoms with E-state index < -0.39 is 0 Å². The van der Waals surface area contributed by atoms with Gasteiger partial charge in [-0.15, -0.1) is 0 Å². The van der Waals surface area contributed by atoms with Crippen molar-refractivity contribution in [3.63, 3.8) is 0 Å². The Balaban J connectivity index is 2.07. The second-order valence-corrected chi connectivity index (χ2v) is 6.21. The predicted molar refractivity (Wildman–Crippen MR) is 80.8 cm³/mol. The Bertz CT molecular complexity index is 600. The lowest BCUT2D eigenvalue weighted by atomic mass is 9.96. The van der Waals surface area contributed by atoms with Gasteiger partial charge in [0.25, 0.3) is 0 Å². The van der Waals surface area contributed by atoms with Crippen LogP contribution in [-0.2, 0) is 0 Å². The van der Waals surface area contributed by atoms with Gasteiger partial charge in [-0.25, -0.2) is 0 Å². The summed E-state index contributed by atoms with van der Waals surface area (Å²) in [7, 11) is 1.71. The van der Waals surface area contributed by atoms with Crippen molar-refractivity contribution in [3.05, 3.63) is 22.3 Å². The predicted octanol–water partition coefficient (Wildman–Crippen LogP) is 4.62. The number of fused-ring (bicyclic) bond motifs is 1. The van der Waals surface area contributed by atoms with Crippen molar-refractivity contribution in [2.45, 2.75) is 45.1 Å². The van der Waals surface area contributed by atoms with E-state index in [1.165, 1.54) is 37.5 Å². The third kappa shape index (κ3) is 2.27. The van der Waals surface area contributed by atoms with E-state index >= 15 is 0 Å². The third-order valence-electron chi connectivity index (χ3n) is 4.11. The van der Waals surface area contributed by atoms with E-state index in [9.17, 15) is 0 Å². The monoisotopic (exact) mass is 322 g/mol. The second-order valence-electron chi connectivity index (χ2n) is 5.36. The largest absolute Gasteiger partial charge is 0.495 e. The maximum Gasteiger partial charge on any atom is 0.138 e. The molecule has 0 radical (unpaired) electrons. The molecule has 0 N–H and O–H groups in total. The zero-order valence-electron chi connectivity index (χ0n) is 11.4. The minimum atomic E-state index is 0.574. The Kier molecular flexibility index (Phi) is 3.52. The smallest absolute Gasteiger partial charge is 0.138 e. The summed E-state index contributed by atoms with van der Waals surface area (Å²) < 4.78 is 8.61. The van der Waals surface area contributed by atoms with Crippen LogP contribution in [0.4, 0.5) is 0 Å². The van der Waals surface area contributed by atoms with Crippen molar-refractivity contribution >= 4 is 26.8 Å². The average Bonchev–Trinajstić information content (AvgIpc) is 2.84.